The standard InChI is InChI=1S/C21H28N2O5S/c1-6-16(3)22-21(24)14-23(17-9-12-19(27-4)20(13-17)28-5)29(25,26)18-10-7-15(2)8-11-18/h7-13,16H,6,14H2,1-5H3,(H,22,24)/t16-/m1/s1. The molecule has 2 aromatic rings. The fourth-order valence-electron chi connectivity index (χ4n) is 2.69. The van der Waals surface area contributed by atoms with Crippen molar-refractivity contribution in [3.8, 4) is 11.5 Å². The van der Waals surface area contributed by atoms with E-state index in [0.29, 0.717) is 17.2 Å². The van der Waals surface area contributed by atoms with Crippen molar-refractivity contribution in [2.24, 2.45) is 0 Å². The number of carbonyl (C=O) groups is 1. The minimum atomic E-state index is -3.98. The van der Waals surface area contributed by atoms with Crippen molar-refractivity contribution >= 4 is 21.6 Å². The molecule has 1 atom stereocenters. The van der Waals surface area contributed by atoms with Gasteiger partial charge in [0.05, 0.1) is 24.8 Å². The smallest absolute Gasteiger partial charge is 0.264 e. The number of carbonyl (C=O) groups excluding carboxylic acids is 1. The third kappa shape index (κ3) is 5.41. The SMILES string of the molecule is CC[C@@H](C)NC(=O)CN(c1ccc(OC)c(OC)c1)S(=O)(=O)c1ccc(C)cc1. The van der Waals surface area contributed by atoms with Crippen LogP contribution in [-0.4, -0.2) is 41.1 Å². The average molecular weight is 421 g/mol. The van der Waals surface area contributed by atoms with Crippen LogP contribution in [0.5, 0.6) is 11.5 Å². The van der Waals surface area contributed by atoms with Crippen molar-refractivity contribution < 1.29 is 22.7 Å². The summed E-state index contributed by atoms with van der Waals surface area (Å²) in [6, 6.07) is 11.2. The van der Waals surface area contributed by atoms with Crippen LogP contribution in [0, 0.1) is 6.92 Å². The molecular formula is C21H28N2O5S. The highest BCUT2D eigenvalue weighted by Gasteiger charge is 2.28. The number of amides is 1. The quantitative estimate of drug-likeness (QED) is 0.674. The van der Waals surface area contributed by atoms with Crippen molar-refractivity contribution in [2.45, 2.75) is 38.1 Å². The van der Waals surface area contributed by atoms with Crippen LogP contribution in [0.3, 0.4) is 0 Å². The van der Waals surface area contributed by atoms with E-state index in [2.05, 4.69) is 5.32 Å². The zero-order valence-electron chi connectivity index (χ0n) is 17.4. The third-order valence-electron chi connectivity index (χ3n) is 4.57. The molecule has 0 saturated heterocycles. The number of rotatable bonds is 9. The fraction of sp³-hybridized carbons (Fsp3) is 0.381. The molecular weight excluding hydrogens is 392 g/mol. The van der Waals surface area contributed by atoms with Crippen LogP contribution in [0.2, 0.25) is 0 Å². The number of hydrogen-bond donors (Lipinski definition) is 1. The van der Waals surface area contributed by atoms with Gasteiger partial charge in [-0.15, -0.1) is 0 Å². The lowest BCUT2D eigenvalue weighted by molar-refractivity contribution is -0.120. The second-order valence-electron chi connectivity index (χ2n) is 6.74. The Balaban J connectivity index is 2.51. The molecule has 7 nitrogen and oxygen atoms in total. The molecule has 0 spiro atoms. The molecule has 8 heteroatoms. The lowest BCUT2D eigenvalue weighted by atomic mass is 10.2. The summed E-state index contributed by atoms with van der Waals surface area (Å²) in [7, 11) is -1.01. The maximum absolute atomic E-state index is 13.4. The second-order valence-corrected chi connectivity index (χ2v) is 8.60. The summed E-state index contributed by atoms with van der Waals surface area (Å²) in [6.07, 6.45) is 0.743. The van der Waals surface area contributed by atoms with E-state index in [0.717, 1.165) is 16.3 Å². The van der Waals surface area contributed by atoms with Crippen LogP contribution in [0.25, 0.3) is 0 Å². The van der Waals surface area contributed by atoms with Gasteiger partial charge >= 0.3 is 0 Å². The molecule has 0 radical (unpaired) electrons. The van der Waals surface area contributed by atoms with Crippen LogP contribution < -0.4 is 19.1 Å². The van der Waals surface area contributed by atoms with Gasteiger partial charge in [-0.1, -0.05) is 24.6 Å². The number of methoxy groups -OCH3 is 2. The molecule has 0 aliphatic rings. The normalized spacial score (nSPS) is 12.2. The Bertz CT molecular complexity index is 942. The Labute approximate surface area is 172 Å². The Kier molecular flexibility index (Phi) is 7.50. The average Bonchev–Trinajstić information content (AvgIpc) is 2.71. The fourth-order valence-corrected chi connectivity index (χ4v) is 4.10. The number of nitrogens with zero attached hydrogens (tertiary/aromatic N) is 1. The minimum Gasteiger partial charge on any atom is -0.493 e. The number of ether oxygens (including phenoxy) is 2. The monoisotopic (exact) mass is 420 g/mol. The molecule has 158 valence electrons. The van der Waals surface area contributed by atoms with Gasteiger partial charge in [-0.3, -0.25) is 9.10 Å². The van der Waals surface area contributed by atoms with Gasteiger partial charge in [-0.05, 0) is 44.5 Å². The van der Waals surface area contributed by atoms with E-state index in [1.165, 1.54) is 26.4 Å². The summed E-state index contributed by atoms with van der Waals surface area (Å²) in [5, 5.41) is 2.81. The van der Waals surface area contributed by atoms with Gasteiger partial charge in [0.2, 0.25) is 5.91 Å². The lowest BCUT2D eigenvalue weighted by Gasteiger charge is -2.25. The van der Waals surface area contributed by atoms with E-state index in [1.54, 1.807) is 30.3 Å². The zero-order chi connectivity index (χ0) is 21.6. The summed E-state index contributed by atoms with van der Waals surface area (Å²) in [4.78, 5) is 12.6. The van der Waals surface area contributed by atoms with Crippen LogP contribution in [-0.2, 0) is 14.8 Å². The van der Waals surface area contributed by atoms with Gasteiger partial charge in [0.25, 0.3) is 10.0 Å². The molecule has 0 aliphatic carbocycles. The Morgan fingerprint density at radius 3 is 2.24 bits per heavy atom. The number of sulfonamides is 1. The van der Waals surface area contributed by atoms with Gasteiger partial charge in [0.15, 0.2) is 11.5 Å². The predicted octanol–water partition coefficient (Wildman–Crippen LogP) is 3.12. The topological polar surface area (TPSA) is 84.9 Å². The van der Waals surface area contributed by atoms with Crippen molar-refractivity contribution in [1.29, 1.82) is 0 Å². The number of aryl methyl sites for hydroxylation is 1. The predicted molar refractivity (Wildman–Crippen MR) is 113 cm³/mol. The summed E-state index contributed by atoms with van der Waals surface area (Å²) in [5.41, 5.74) is 1.25. The van der Waals surface area contributed by atoms with Crippen LogP contribution in [0.4, 0.5) is 5.69 Å². The first-order chi connectivity index (χ1) is 13.7. The number of nitrogens with one attached hydrogen (secondary N) is 1. The van der Waals surface area contributed by atoms with Crippen LogP contribution >= 0.6 is 0 Å². The third-order valence-corrected chi connectivity index (χ3v) is 6.36. The molecule has 0 aromatic heterocycles. The van der Waals surface area contributed by atoms with E-state index >= 15 is 0 Å². The van der Waals surface area contributed by atoms with Crippen molar-refractivity contribution in [2.75, 3.05) is 25.1 Å². The Morgan fingerprint density at radius 1 is 1.07 bits per heavy atom. The zero-order valence-corrected chi connectivity index (χ0v) is 18.2. The number of hydrogen-bond acceptors (Lipinski definition) is 5. The van der Waals surface area contributed by atoms with Crippen LogP contribution in [0.1, 0.15) is 25.8 Å². The molecule has 0 aliphatic heterocycles. The van der Waals surface area contributed by atoms with Crippen molar-refractivity contribution in [3.63, 3.8) is 0 Å². The second kappa shape index (κ2) is 9.65. The summed E-state index contributed by atoms with van der Waals surface area (Å²) in [5.74, 6) is 0.453. The van der Waals surface area contributed by atoms with Crippen LogP contribution in [0.15, 0.2) is 47.4 Å². The summed E-state index contributed by atoms with van der Waals surface area (Å²) in [6.45, 7) is 5.34. The first-order valence-corrected chi connectivity index (χ1v) is 10.8. The van der Waals surface area contributed by atoms with E-state index in [-0.39, 0.29) is 23.4 Å². The van der Waals surface area contributed by atoms with Gasteiger partial charge in [0, 0.05) is 12.1 Å². The van der Waals surface area contributed by atoms with E-state index in [4.69, 9.17) is 9.47 Å². The van der Waals surface area contributed by atoms with Gasteiger partial charge in [0.1, 0.15) is 6.54 Å². The maximum Gasteiger partial charge on any atom is 0.264 e. The first kappa shape index (κ1) is 22.5. The molecule has 0 fully saturated rings. The molecule has 2 rings (SSSR count). The highest BCUT2D eigenvalue weighted by molar-refractivity contribution is 7.92. The van der Waals surface area contributed by atoms with E-state index in [9.17, 15) is 13.2 Å². The van der Waals surface area contributed by atoms with Gasteiger partial charge in [-0.25, -0.2) is 8.42 Å². The van der Waals surface area contributed by atoms with Gasteiger partial charge in [-0.2, -0.15) is 0 Å². The molecule has 1 amide bonds. The number of anilines is 1. The molecule has 0 saturated carbocycles. The maximum atomic E-state index is 13.4. The molecule has 29 heavy (non-hydrogen) atoms. The summed E-state index contributed by atoms with van der Waals surface area (Å²) >= 11 is 0. The highest BCUT2D eigenvalue weighted by atomic mass is 32.2. The molecule has 2 aromatic carbocycles. The summed E-state index contributed by atoms with van der Waals surface area (Å²) < 4.78 is 38.3. The van der Waals surface area contributed by atoms with E-state index in [1.807, 2.05) is 20.8 Å². The first-order valence-electron chi connectivity index (χ1n) is 9.33. The van der Waals surface area contributed by atoms with Crippen molar-refractivity contribution in [1.82, 2.24) is 5.32 Å². The molecule has 0 heterocycles. The largest absolute Gasteiger partial charge is 0.493 e. The number of benzene rings is 2. The van der Waals surface area contributed by atoms with E-state index < -0.39 is 10.0 Å². The minimum absolute atomic E-state index is 0.0585. The molecule has 1 N–H and O–H groups in total. The molecule has 0 unspecified atom stereocenters. The van der Waals surface area contributed by atoms with Crippen molar-refractivity contribution in [3.05, 3.63) is 48.0 Å². The lowest BCUT2D eigenvalue weighted by Crippen LogP contribution is -2.43. The highest BCUT2D eigenvalue weighted by Crippen LogP contribution is 2.33. The molecule has 0 bridgehead atoms. The van der Waals surface area contributed by atoms with Gasteiger partial charge < -0.3 is 14.8 Å². The Morgan fingerprint density at radius 2 is 1.69 bits per heavy atom. The Hall–Kier alpha value is -2.74.